The van der Waals surface area contributed by atoms with Crippen LogP contribution in [-0.4, -0.2) is 54.9 Å². The van der Waals surface area contributed by atoms with Crippen molar-refractivity contribution in [1.82, 2.24) is 24.8 Å². The van der Waals surface area contributed by atoms with Gasteiger partial charge in [-0.3, -0.25) is 9.89 Å². The second kappa shape index (κ2) is 9.61. The largest absolute Gasteiger partial charge is 0.377 e. The number of sulfonamides is 1. The van der Waals surface area contributed by atoms with Gasteiger partial charge in [0.1, 0.15) is 5.82 Å². The van der Waals surface area contributed by atoms with Crippen LogP contribution < -0.4 is 10.0 Å². The van der Waals surface area contributed by atoms with Gasteiger partial charge < -0.3 is 14.6 Å². The number of aromatic nitrogens is 3. The molecule has 0 radical (unpaired) electrons. The highest BCUT2D eigenvalue weighted by Crippen LogP contribution is 2.14. The monoisotopic (exact) mass is 439 g/mol. The van der Waals surface area contributed by atoms with Gasteiger partial charge in [-0.05, 0) is 56.2 Å². The first kappa shape index (κ1) is 21.6. The van der Waals surface area contributed by atoms with Crippen molar-refractivity contribution < 1.29 is 17.9 Å². The van der Waals surface area contributed by atoms with Gasteiger partial charge in [0, 0.05) is 38.2 Å². The average Bonchev–Trinajstić information content (AvgIpc) is 3.36. The number of rotatable bonds is 9. The van der Waals surface area contributed by atoms with E-state index in [1.54, 1.807) is 0 Å². The molecule has 1 aromatic carbocycles. The molecule has 1 amide bonds. The molecule has 0 aliphatic carbocycles. The molecule has 2 aromatic rings. The summed E-state index contributed by atoms with van der Waals surface area (Å²) in [7, 11) is -3.63. The summed E-state index contributed by atoms with van der Waals surface area (Å²) in [6.45, 7) is 3.99. The van der Waals surface area contributed by atoms with Gasteiger partial charge in [-0.1, -0.05) is 0 Å². The molecule has 158 valence electrons. The number of amides is 1. The molecule has 1 aliphatic rings. The van der Waals surface area contributed by atoms with Crippen molar-refractivity contribution >= 4 is 28.1 Å². The molecule has 1 aromatic heterocycles. The minimum atomic E-state index is -3.63. The maximum absolute atomic E-state index is 12.4. The third-order valence-corrected chi connectivity index (χ3v) is 6.49. The number of nitrogens with zero attached hydrogens (tertiary/aromatic N) is 2. The summed E-state index contributed by atoms with van der Waals surface area (Å²) in [6.07, 6.45) is 2.26. The summed E-state index contributed by atoms with van der Waals surface area (Å²) < 4.78 is 35.2. The van der Waals surface area contributed by atoms with Crippen LogP contribution >= 0.6 is 12.2 Å². The summed E-state index contributed by atoms with van der Waals surface area (Å²) in [5.74, 6) is 0.495. The van der Waals surface area contributed by atoms with Crippen LogP contribution in [0.2, 0.25) is 0 Å². The topological polar surface area (TPSA) is 118 Å². The van der Waals surface area contributed by atoms with Crippen molar-refractivity contribution in [1.29, 1.82) is 0 Å². The van der Waals surface area contributed by atoms with E-state index in [0.29, 0.717) is 36.5 Å². The Labute approximate surface area is 174 Å². The molecule has 11 heteroatoms. The maximum atomic E-state index is 12.4. The van der Waals surface area contributed by atoms with Crippen molar-refractivity contribution in [3.05, 3.63) is 40.4 Å². The lowest BCUT2D eigenvalue weighted by atomic mass is 10.2. The third-order valence-electron chi connectivity index (χ3n) is 4.74. The predicted molar refractivity (Wildman–Crippen MR) is 110 cm³/mol. The van der Waals surface area contributed by atoms with E-state index in [9.17, 15) is 13.2 Å². The molecule has 0 saturated carbocycles. The summed E-state index contributed by atoms with van der Waals surface area (Å²) in [6, 6.07) is 5.85. The number of carbonyl (C=O) groups is 1. The molecule has 1 aliphatic heterocycles. The molecule has 0 spiro atoms. The number of carbonyl (C=O) groups excluding carboxylic acids is 1. The smallest absolute Gasteiger partial charge is 0.251 e. The van der Waals surface area contributed by atoms with E-state index in [0.717, 1.165) is 18.7 Å². The average molecular weight is 440 g/mol. The number of aromatic amines is 1. The number of H-pyrrole nitrogens is 1. The van der Waals surface area contributed by atoms with Crippen LogP contribution in [0.4, 0.5) is 0 Å². The maximum Gasteiger partial charge on any atom is 0.251 e. The molecule has 1 atom stereocenters. The number of hydrogen-bond donors (Lipinski definition) is 3. The van der Waals surface area contributed by atoms with E-state index in [4.69, 9.17) is 17.0 Å². The lowest BCUT2D eigenvalue weighted by Crippen LogP contribution is -2.32. The quantitative estimate of drug-likeness (QED) is 0.508. The van der Waals surface area contributed by atoms with Crippen molar-refractivity contribution in [2.45, 2.75) is 43.7 Å². The van der Waals surface area contributed by atoms with Crippen molar-refractivity contribution in [2.24, 2.45) is 0 Å². The molecule has 3 N–H and O–H groups in total. The second-order valence-corrected chi connectivity index (χ2v) is 8.86. The zero-order valence-corrected chi connectivity index (χ0v) is 17.8. The Balaban J connectivity index is 1.53. The Hall–Kier alpha value is -2.08. The highest BCUT2D eigenvalue weighted by Gasteiger charge is 2.20. The number of nitrogens with one attached hydrogen (secondary N) is 3. The fourth-order valence-corrected chi connectivity index (χ4v) is 4.48. The lowest BCUT2D eigenvalue weighted by Gasteiger charge is -2.12. The minimum Gasteiger partial charge on any atom is -0.377 e. The first-order valence-corrected chi connectivity index (χ1v) is 11.4. The van der Waals surface area contributed by atoms with Crippen LogP contribution in [0.15, 0.2) is 29.2 Å². The van der Waals surface area contributed by atoms with Gasteiger partial charge in [-0.15, -0.1) is 0 Å². The Morgan fingerprint density at radius 1 is 1.38 bits per heavy atom. The van der Waals surface area contributed by atoms with Crippen molar-refractivity contribution in [3.8, 4) is 0 Å². The number of ether oxygens (including phenoxy) is 1. The van der Waals surface area contributed by atoms with Crippen LogP contribution in [0.25, 0.3) is 0 Å². The van der Waals surface area contributed by atoms with Crippen LogP contribution in [0, 0.1) is 4.77 Å². The molecule has 1 fully saturated rings. The Morgan fingerprint density at radius 2 is 2.14 bits per heavy atom. The third kappa shape index (κ3) is 5.50. The number of benzene rings is 1. The normalized spacial score (nSPS) is 16.8. The van der Waals surface area contributed by atoms with Crippen LogP contribution in [0.3, 0.4) is 0 Å². The lowest BCUT2D eigenvalue weighted by molar-refractivity contribution is 0.0953. The Bertz CT molecular complexity index is 992. The van der Waals surface area contributed by atoms with E-state index >= 15 is 0 Å². The SMILES string of the molecule is CCn1c(CCNC(=O)c2ccc(S(=O)(=O)NCC3CCCO3)cc2)n[nH]c1=S. The van der Waals surface area contributed by atoms with E-state index in [2.05, 4.69) is 20.2 Å². The van der Waals surface area contributed by atoms with Crippen molar-refractivity contribution in [2.75, 3.05) is 19.7 Å². The molecular weight excluding hydrogens is 414 g/mol. The van der Waals surface area contributed by atoms with E-state index in [1.165, 1.54) is 24.3 Å². The fraction of sp³-hybridized carbons (Fsp3) is 0.500. The summed E-state index contributed by atoms with van der Waals surface area (Å²) in [4.78, 5) is 12.4. The predicted octanol–water partition coefficient (Wildman–Crippen LogP) is 1.39. The summed E-state index contributed by atoms with van der Waals surface area (Å²) in [5.41, 5.74) is 0.387. The standard InChI is InChI=1S/C18H25N5O4S2/c1-2-23-16(21-22-18(23)28)9-10-19-17(24)13-5-7-15(8-6-13)29(25,26)20-12-14-4-3-11-27-14/h5-8,14,20H,2-4,9-12H2,1H3,(H,19,24)(H,22,28). The highest BCUT2D eigenvalue weighted by atomic mass is 32.2. The fourth-order valence-electron chi connectivity index (χ4n) is 3.13. The Kier molecular flexibility index (Phi) is 7.17. The van der Waals surface area contributed by atoms with Gasteiger partial charge in [-0.25, -0.2) is 13.1 Å². The molecule has 1 saturated heterocycles. The van der Waals surface area contributed by atoms with Gasteiger partial charge in [0.05, 0.1) is 11.0 Å². The van der Waals surface area contributed by atoms with Crippen LogP contribution in [0.1, 0.15) is 35.9 Å². The van der Waals surface area contributed by atoms with Gasteiger partial charge in [0.15, 0.2) is 4.77 Å². The molecule has 29 heavy (non-hydrogen) atoms. The zero-order valence-electron chi connectivity index (χ0n) is 16.2. The first-order chi connectivity index (χ1) is 13.9. The molecule has 3 rings (SSSR count). The zero-order chi connectivity index (χ0) is 20.9. The molecular formula is C18H25N5O4S2. The van der Waals surface area contributed by atoms with Gasteiger partial charge in [-0.2, -0.15) is 5.10 Å². The van der Waals surface area contributed by atoms with Crippen molar-refractivity contribution in [3.63, 3.8) is 0 Å². The molecule has 1 unspecified atom stereocenters. The minimum absolute atomic E-state index is 0.0764. The summed E-state index contributed by atoms with van der Waals surface area (Å²) in [5, 5.41) is 9.70. The highest BCUT2D eigenvalue weighted by molar-refractivity contribution is 7.89. The second-order valence-electron chi connectivity index (χ2n) is 6.71. The summed E-state index contributed by atoms with van der Waals surface area (Å²) >= 11 is 5.14. The van der Waals surface area contributed by atoms with Gasteiger partial charge in [0.2, 0.25) is 10.0 Å². The van der Waals surface area contributed by atoms with E-state index < -0.39 is 10.0 Å². The number of hydrogen-bond acceptors (Lipinski definition) is 6. The molecule has 0 bridgehead atoms. The molecule has 2 heterocycles. The van der Waals surface area contributed by atoms with Gasteiger partial charge >= 0.3 is 0 Å². The molecule has 9 nitrogen and oxygen atoms in total. The van der Waals surface area contributed by atoms with Crippen LogP contribution in [-0.2, 0) is 27.7 Å². The van der Waals surface area contributed by atoms with Gasteiger partial charge in [0.25, 0.3) is 5.91 Å². The Morgan fingerprint density at radius 3 is 2.79 bits per heavy atom. The van der Waals surface area contributed by atoms with E-state index in [-0.39, 0.29) is 23.5 Å². The first-order valence-electron chi connectivity index (χ1n) is 9.54. The van der Waals surface area contributed by atoms with E-state index in [1.807, 2.05) is 11.5 Å². The van der Waals surface area contributed by atoms with Crippen LogP contribution in [0.5, 0.6) is 0 Å².